The summed E-state index contributed by atoms with van der Waals surface area (Å²) in [4.78, 5) is 27.4. The molecule has 0 aliphatic carbocycles. The molecule has 0 unspecified atom stereocenters. The summed E-state index contributed by atoms with van der Waals surface area (Å²) in [5.41, 5.74) is 1.11. The van der Waals surface area contributed by atoms with Crippen molar-refractivity contribution < 1.29 is 19.1 Å². The van der Waals surface area contributed by atoms with Crippen LogP contribution >= 0.6 is 11.6 Å². The molecule has 0 atom stereocenters. The molecule has 29 heavy (non-hydrogen) atoms. The number of ether oxygens (including phenoxy) is 2. The Labute approximate surface area is 176 Å². The quantitative estimate of drug-likeness (QED) is 0.660. The normalized spacial score (nSPS) is 11.0. The molecule has 2 aromatic rings. The molecule has 1 N–H and O–H groups in total. The highest BCUT2D eigenvalue weighted by atomic mass is 35.5. The third-order valence-corrected chi connectivity index (χ3v) is 4.70. The summed E-state index contributed by atoms with van der Waals surface area (Å²) in [7, 11) is 3.08. The Bertz CT molecular complexity index is 907. The third-order valence-electron chi connectivity index (χ3n) is 4.37. The summed E-state index contributed by atoms with van der Waals surface area (Å²) in [5.74, 6) is 0.350. The Morgan fingerprint density at radius 3 is 2.28 bits per heavy atom. The van der Waals surface area contributed by atoms with Gasteiger partial charge in [0.1, 0.15) is 5.70 Å². The van der Waals surface area contributed by atoms with E-state index in [4.69, 9.17) is 21.1 Å². The maximum Gasteiger partial charge on any atom is 0.270 e. The molecule has 0 aromatic heterocycles. The maximum atomic E-state index is 13.0. The minimum atomic E-state index is -0.456. The monoisotopic (exact) mass is 416 g/mol. The zero-order chi connectivity index (χ0) is 21.4. The van der Waals surface area contributed by atoms with Crippen LogP contribution < -0.4 is 14.8 Å². The van der Waals surface area contributed by atoms with E-state index in [1.165, 1.54) is 7.11 Å². The number of hydrogen-bond acceptors (Lipinski definition) is 4. The molecular weight excluding hydrogens is 392 g/mol. The number of amides is 2. The summed E-state index contributed by atoms with van der Waals surface area (Å²) >= 11 is 6.13. The molecule has 0 spiro atoms. The number of nitrogens with zero attached hydrogens (tertiary/aromatic N) is 1. The summed E-state index contributed by atoms with van der Waals surface area (Å²) in [5, 5.41) is 3.02. The number of carbonyl (C=O) groups is 2. The number of hydrogen-bond donors (Lipinski definition) is 1. The van der Waals surface area contributed by atoms with Crippen LogP contribution in [0.4, 0.5) is 0 Å². The molecular formula is C22H25ClN2O4. The predicted molar refractivity (Wildman–Crippen MR) is 114 cm³/mol. The second kappa shape index (κ2) is 10.5. The van der Waals surface area contributed by atoms with Crippen LogP contribution in [0.1, 0.15) is 29.8 Å². The van der Waals surface area contributed by atoms with Crippen molar-refractivity contribution in [2.75, 3.05) is 27.3 Å². The van der Waals surface area contributed by atoms with Crippen LogP contribution in [0, 0.1) is 0 Å². The molecule has 0 heterocycles. The van der Waals surface area contributed by atoms with Gasteiger partial charge in [0, 0.05) is 13.1 Å². The highest BCUT2D eigenvalue weighted by molar-refractivity contribution is 6.34. The Kier molecular flexibility index (Phi) is 8.09. The Morgan fingerprint density at radius 2 is 1.69 bits per heavy atom. The Balaban J connectivity index is 2.45. The van der Waals surface area contributed by atoms with Gasteiger partial charge in [-0.15, -0.1) is 0 Å². The van der Waals surface area contributed by atoms with Crippen molar-refractivity contribution in [1.82, 2.24) is 10.2 Å². The van der Waals surface area contributed by atoms with Gasteiger partial charge in [-0.2, -0.15) is 0 Å². The fourth-order valence-corrected chi connectivity index (χ4v) is 3.00. The molecule has 2 rings (SSSR count). The SMILES string of the molecule is CCN(CC)C(=O)C(=Cc1ccc(OC)c(OC)c1)NC(=O)c1ccccc1Cl. The van der Waals surface area contributed by atoms with Gasteiger partial charge < -0.3 is 19.7 Å². The van der Waals surface area contributed by atoms with Crippen molar-refractivity contribution in [3.05, 3.63) is 64.3 Å². The molecule has 7 heteroatoms. The van der Waals surface area contributed by atoms with E-state index in [0.717, 1.165) is 0 Å². The molecule has 0 radical (unpaired) electrons. The van der Waals surface area contributed by atoms with Crippen molar-refractivity contribution in [1.29, 1.82) is 0 Å². The number of rotatable bonds is 8. The van der Waals surface area contributed by atoms with Gasteiger partial charge in [0.15, 0.2) is 11.5 Å². The second-order valence-electron chi connectivity index (χ2n) is 6.08. The average Bonchev–Trinajstić information content (AvgIpc) is 2.74. The van der Waals surface area contributed by atoms with Crippen LogP contribution in [-0.2, 0) is 4.79 Å². The number of benzene rings is 2. The van der Waals surface area contributed by atoms with E-state index in [2.05, 4.69) is 5.32 Å². The van der Waals surface area contributed by atoms with Gasteiger partial charge in [0.05, 0.1) is 24.8 Å². The van der Waals surface area contributed by atoms with Crippen LogP contribution in [-0.4, -0.2) is 44.0 Å². The van der Waals surface area contributed by atoms with Crippen LogP contribution in [0.5, 0.6) is 11.5 Å². The molecule has 0 fully saturated rings. The summed E-state index contributed by atoms with van der Waals surface area (Å²) in [6.45, 7) is 4.79. The Hall–Kier alpha value is -2.99. The fourth-order valence-electron chi connectivity index (χ4n) is 2.78. The minimum Gasteiger partial charge on any atom is -0.493 e. The first-order chi connectivity index (χ1) is 13.9. The van der Waals surface area contributed by atoms with E-state index < -0.39 is 5.91 Å². The minimum absolute atomic E-state index is 0.144. The average molecular weight is 417 g/mol. The number of halogens is 1. The maximum absolute atomic E-state index is 13.0. The van der Waals surface area contributed by atoms with Crippen molar-refractivity contribution in [2.24, 2.45) is 0 Å². The van der Waals surface area contributed by atoms with E-state index in [-0.39, 0.29) is 11.6 Å². The topological polar surface area (TPSA) is 67.9 Å². The predicted octanol–water partition coefficient (Wildman–Crippen LogP) is 4.00. The van der Waals surface area contributed by atoms with Gasteiger partial charge in [-0.3, -0.25) is 9.59 Å². The van der Waals surface area contributed by atoms with Crippen LogP contribution in [0.2, 0.25) is 5.02 Å². The van der Waals surface area contributed by atoms with Crippen molar-refractivity contribution in [3.8, 4) is 11.5 Å². The van der Waals surface area contributed by atoms with Gasteiger partial charge in [0.2, 0.25) is 0 Å². The van der Waals surface area contributed by atoms with Crippen LogP contribution in [0.3, 0.4) is 0 Å². The highest BCUT2D eigenvalue weighted by Gasteiger charge is 2.20. The van der Waals surface area contributed by atoms with E-state index >= 15 is 0 Å². The number of nitrogens with one attached hydrogen (secondary N) is 1. The van der Waals surface area contributed by atoms with E-state index in [1.54, 1.807) is 60.6 Å². The zero-order valence-corrected chi connectivity index (χ0v) is 17.7. The van der Waals surface area contributed by atoms with Gasteiger partial charge >= 0.3 is 0 Å². The smallest absolute Gasteiger partial charge is 0.270 e. The lowest BCUT2D eigenvalue weighted by Crippen LogP contribution is -2.38. The lowest BCUT2D eigenvalue weighted by molar-refractivity contribution is -0.127. The van der Waals surface area contributed by atoms with Gasteiger partial charge in [0.25, 0.3) is 11.8 Å². The van der Waals surface area contributed by atoms with Gasteiger partial charge in [-0.25, -0.2) is 0 Å². The largest absolute Gasteiger partial charge is 0.493 e. The number of methoxy groups -OCH3 is 2. The molecule has 0 saturated heterocycles. The molecule has 6 nitrogen and oxygen atoms in total. The standard InChI is InChI=1S/C22H25ClN2O4/c1-5-25(6-2)22(27)18(24-21(26)16-9-7-8-10-17(16)23)13-15-11-12-19(28-3)20(14-15)29-4/h7-14H,5-6H2,1-4H3,(H,24,26). The number of carbonyl (C=O) groups excluding carboxylic acids is 2. The van der Waals surface area contributed by atoms with Crippen LogP contribution in [0.15, 0.2) is 48.2 Å². The molecule has 0 bridgehead atoms. The third kappa shape index (κ3) is 5.51. The lowest BCUT2D eigenvalue weighted by atomic mass is 10.1. The molecule has 0 aliphatic heterocycles. The van der Waals surface area contributed by atoms with Gasteiger partial charge in [-0.05, 0) is 49.8 Å². The lowest BCUT2D eigenvalue weighted by Gasteiger charge is -2.21. The first kappa shape index (κ1) is 22.3. The molecule has 2 aromatic carbocycles. The molecule has 2 amide bonds. The van der Waals surface area contributed by atoms with Crippen molar-refractivity contribution >= 4 is 29.5 Å². The molecule has 0 saturated carbocycles. The molecule has 154 valence electrons. The van der Waals surface area contributed by atoms with E-state index in [1.807, 2.05) is 13.8 Å². The van der Waals surface area contributed by atoms with Crippen molar-refractivity contribution in [2.45, 2.75) is 13.8 Å². The van der Waals surface area contributed by atoms with Crippen molar-refractivity contribution in [3.63, 3.8) is 0 Å². The molecule has 0 aliphatic rings. The number of likely N-dealkylation sites (N-methyl/N-ethyl adjacent to an activating group) is 1. The van der Waals surface area contributed by atoms with E-state index in [0.29, 0.717) is 40.7 Å². The summed E-state index contributed by atoms with van der Waals surface area (Å²) in [6.07, 6.45) is 1.61. The zero-order valence-electron chi connectivity index (χ0n) is 17.0. The summed E-state index contributed by atoms with van der Waals surface area (Å²) in [6, 6.07) is 11.9. The second-order valence-corrected chi connectivity index (χ2v) is 6.49. The highest BCUT2D eigenvalue weighted by Crippen LogP contribution is 2.28. The Morgan fingerprint density at radius 1 is 1.03 bits per heavy atom. The van der Waals surface area contributed by atoms with Gasteiger partial charge in [-0.1, -0.05) is 29.8 Å². The fraction of sp³-hybridized carbons (Fsp3) is 0.273. The first-order valence-electron chi connectivity index (χ1n) is 9.23. The first-order valence-corrected chi connectivity index (χ1v) is 9.61. The summed E-state index contributed by atoms with van der Waals surface area (Å²) < 4.78 is 10.6. The van der Waals surface area contributed by atoms with E-state index in [9.17, 15) is 9.59 Å². The van der Waals surface area contributed by atoms with Crippen LogP contribution in [0.25, 0.3) is 6.08 Å².